The number of allylic oxidation sites excluding steroid dienone is 4. The van der Waals surface area contributed by atoms with Crippen LogP contribution in [0, 0.1) is 5.92 Å². The van der Waals surface area contributed by atoms with Crippen LogP contribution in [0.5, 0.6) is 0 Å². The van der Waals surface area contributed by atoms with Gasteiger partial charge in [-0.05, 0) is 13.0 Å². The van der Waals surface area contributed by atoms with Gasteiger partial charge in [0, 0.05) is 12.6 Å². The zero-order valence-electron chi connectivity index (χ0n) is 8.91. The minimum absolute atomic E-state index is 0.380. The van der Waals surface area contributed by atoms with Crippen LogP contribution in [0.15, 0.2) is 34.0 Å². The molecule has 0 fully saturated rings. The Bertz CT molecular complexity index is 247. The van der Waals surface area contributed by atoms with E-state index in [1.54, 1.807) is 0 Å². The van der Waals surface area contributed by atoms with Crippen molar-refractivity contribution >= 4 is 12.4 Å². The number of hydrogen-bond acceptors (Lipinski definition) is 2. The van der Waals surface area contributed by atoms with Gasteiger partial charge in [-0.15, -0.1) is 0 Å². The molecule has 2 nitrogen and oxygen atoms in total. The predicted octanol–water partition coefficient (Wildman–Crippen LogP) is 3.22. The SMILES string of the molecule is C=N/N=C1/C=CC=C(C)C1C.CC. The number of hydrogen-bond donors (Lipinski definition) is 0. The summed E-state index contributed by atoms with van der Waals surface area (Å²) in [6.07, 6.45) is 6.04. The summed E-state index contributed by atoms with van der Waals surface area (Å²) in [7, 11) is 0. The third-order valence-electron chi connectivity index (χ3n) is 1.94. The summed E-state index contributed by atoms with van der Waals surface area (Å²) in [6.45, 7) is 11.5. The normalized spacial score (nSPS) is 23.2. The minimum atomic E-state index is 0.380. The van der Waals surface area contributed by atoms with Crippen molar-refractivity contribution in [3.63, 3.8) is 0 Å². The highest BCUT2D eigenvalue weighted by molar-refractivity contribution is 5.99. The molecule has 72 valence electrons. The van der Waals surface area contributed by atoms with Gasteiger partial charge >= 0.3 is 0 Å². The second-order valence-corrected chi connectivity index (χ2v) is 2.66. The number of rotatable bonds is 1. The van der Waals surface area contributed by atoms with Crippen LogP contribution >= 0.6 is 0 Å². The molecule has 1 unspecified atom stereocenters. The molecular formula is C11H18N2. The molecule has 1 aliphatic carbocycles. The first-order valence-electron chi connectivity index (χ1n) is 4.64. The molecule has 13 heavy (non-hydrogen) atoms. The molecule has 0 saturated heterocycles. The van der Waals surface area contributed by atoms with Crippen LogP contribution in [0.25, 0.3) is 0 Å². The lowest BCUT2D eigenvalue weighted by atomic mass is 9.93. The van der Waals surface area contributed by atoms with Crippen molar-refractivity contribution in [3.05, 3.63) is 23.8 Å². The van der Waals surface area contributed by atoms with E-state index in [2.05, 4.69) is 36.8 Å². The summed E-state index contributed by atoms with van der Waals surface area (Å²) in [4.78, 5) is 0. The zero-order chi connectivity index (χ0) is 10.3. The fourth-order valence-electron chi connectivity index (χ4n) is 1.02. The molecule has 1 aliphatic rings. The molecule has 0 aromatic carbocycles. The summed E-state index contributed by atoms with van der Waals surface area (Å²) < 4.78 is 0. The Kier molecular flexibility index (Phi) is 5.77. The maximum atomic E-state index is 3.92. The highest BCUT2D eigenvalue weighted by Gasteiger charge is 2.11. The molecule has 0 aromatic rings. The average Bonchev–Trinajstić information content (AvgIpc) is 2.17. The Morgan fingerprint density at radius 1 is 1.38 bits per heavy atom. The quantitative estimate of drug-likeness (QED) is 0.435. The van der Waals surface area contributed by atoms with Crippen molar-refractivity contribution in [1.29, 1.82) is 0 Å². The molecule has 0 saturated carbocycles. The summed E-state index contributed by atoms with van der Waals surface area (Å²) in [5.74, 6) is 0.380. The Morgan fingerprint density at radius 2 is 2.00 bits per heavy atom. The monoisotopic (exact) mass is 178 g/mol. The van der Waals surface area contributed by atoms with Crippen LogP contribution in [0.4, 0.5) is 0 Å². The van der Waals surface area contributed by atoms with E-state index in [0.29, 0.717) is 5.92 Å². The Labute approximate surface area is 80.8 Å². The maximum absolute atomic E-state index is 3.92. The van der Waals surface area contributed by atoms with E-state index >= 15 is 0 Å². The van der Waals surface area contributed by atoms with E-state index in [1.165, 1.54) is 5.57 Å². The summed E-state index contributed by atoms with van der Waals surface area (Å²) in [6, 6.07) is 0. The van der Waals surface area contributed by atoms with E-state index in [9.17, 15) is 0 Å². The van der Waals surface area contributed by atoms with Gasteiger partial charge in [-0.3, -0.25) is 0 Å². The Hall–Kier alpha value is -1.18. The van der Waals surface area contributed by atoms with E-state index < -0.39 is 0 Å². The van der Waals surface area contributed by atoms with Gasteiger partial charge in [-0.25, -0.2) is 0 Å². The fraction of sp³-hybridized carbons (Fsp3) is 0.455. The third kappa shape index (κ3) is 3.36. The van der Waals surface area contributed by atoms with Crippen LogP contribution in [-0.2, 0) is 0 Å². The maximum Gasteiger partial charge on any atom is 0.0698 e. The summed E-state index contributed by atoms with van der Waals surface area (Å²) >= 11 is 0. The van der Waals surface area contributed by atoms with Gasteiger partial charge in [-0.1, -0.05) is 38.5 Å². The van der Waals surface area contributed by atoms with Gasteiger partial charge in [0.25, 0.3) is 0 Å². The van der Waals surface area contributed by atoms with Gasteiger partial charge < -0.3 is 0 Å². The van der Waals surface area contributed by atoms with E-state index in [-0.39, 0.29) is 0 Å². The molecule has 0 spiro atoms. The Balaban J connectivity index is 0.000000671. The zero-order valence-corrected chi connectivity index (χ0v) is 8.91. The van der Waals surface area contributed by atoms with Crippen LogP contribution in [0.2, 0.25) is 0 Å². The van der Waals surface area contributed by atoms with Gasteiger partial charge in [0.15, 0.2) is 0 Å². The van der Waals surface area contributed by atoms with Crippen LogP contribution < -0.4 is 0 Å². The van der Waals surface area contributed by atoms with Crippen molar-refractivity contribution in [2.75, 3.05) is 0 Å². The first-order chi connectivity index (χ1) is 6.25. The topological polar surface area (TPSA) is 24.7 Å². The fourth-order valence-corrected chi connectivity index (χ4v) is 1.02. The smallest absolute Gasteiger partial charge is 0.0698 e. The minimum Gasteiger partial charge on any atom is -0.167 e. The molecular weight excluding hydrogens is 160 g/mol. The van der Waals surface area contributed by atoms with Gasteiger partial charge in [0.2, 0.25) is 0 Å². The van der Waals surface area contributed by atoms with Crippen molar-refractivity contribution in [2.45, 2.75) is 27.7 Å². The van der Waals surface area contributed by atoms with E-state index in [1.807, 2.05) is 26.0 Å². The van der Waals surface area contributed by atoms with Gasteiger partial charge in [0.05, 0.1) is 5.71 Å². The third-order valence-corrected chi connectivity index (χ3v) is 1.94. The highest BCUT2D eigenvalue weighted by atomic mass is 15.2. The molecule has 0 N–H and O–H groups in total. The first-order valence-corrected chi connectivity index (χ1v) is 4.64. The molecule has 0 heterocycles. The molecule has 0 aliphatic heterocycles. The van der Waals surface area contributed by atoms with Crippen molar-refractivity contribution < 1.29 is 0 Å². The number of nitrogens with zero attached hydrogens (tertiary/aromatic N) is 2. The lowest BCUT2D eigenvalue weighted by molar-refractivity contribution is 0.902. The molecule has 1 atom stereocenters. The lowest BCUT2D eigenvalue weighted by Gasteiger charge is -2.13. The van der Waals surface area contributed by atoms with Crippen LogP contribution in [-0.4, -0.2) is 12.4 Å². The molecule has 0 radical (unpaired) electrons. The van der Waals surface area contributed by atoms with Crippen molar-refractivity contribution in [1.82, 2.24) is 0 Å². The second kappa shape index (κ2) is 6.35. The average molecular weight is 178 g/mol. The molecule has 0 amide bonds. The van der Waals surface area contributed by atoms with Gasteiger partial charge in [-0.2, -0.15) is 10.2 Å². The Morgan fingerprint density at radius 3 is 2.54 bits per heavy atom. The standard InChI is InChI=1S/C9H12N2.C2H6/c1-7-5-4-6-9(8(7)2)11-10-3;1-2/h4-6,8H,3H2,1-2H3;1-2H3/b11-9-;. The molecule has 0 aromatic heterocycles. The van der Waals surface area contributed by atoms with Crippen LogP contribution in [0.1, 0.15) is 27.7 Å². The van der Waals surface area contributed by atoms with Crippen molar-refractivity contribution in [3.8, 4) is 0 Å². The first kappa shape index (κ1) is 11.8. The molecule has 1 rings (SSSR count). The molecule has 2 heteroatoms. The van der Waals surface area contributed by atoms with Gasteiger partial charge in [0.1, 0.15) is 0 Å². The summed E-state index contributed by atoms with van der Waals surface area (Å²) in [5.41, 5.74) is 2.30. The van der Waals surface area contributed by atoms with E-state index in [0.717, 1.165) is 5.71 Å². The summed E-state index contributed by atoms with van der Waals surface area (Å²) in [5, 5.41) is 7.42. The van der Waals surface area contributed by atoms with Crippen molar-refractivity contribution in [2.24, 2.45) is 16.1 Å². The second-order valence-electron chi connectivity index (χ2n) is 2.66. The van der Waals surface area contributed by atoms with E-state index in [4.69, 9.17) is 0 Å². The lowest BCUT2D eigenvalue weighted by Crippen LogP contribution is -2.11. The molecule has 0 bridgehead atoms. The largest absolute Gasteiger partial charge is 0.167 e. The predicted molar refractivity (Wildman–Crippen MR) is 60.4 cm³/mol. The van der Waals surface area contributed by atoms with Crippen LogP contribution in [0.3, 0.4) is 0 Å². The highest BCUT2D eigenvalue weighted by Crippen LogP contribution is 2.16.